The van der Waals surface area contributed by atoms with E-state index in [2.05, 4.69) is 0 Å². The fraction of sp³-hybridized carbons (Fsp3) is 0.702. The fourth-order valence-corrected chi connectivity index (χ4v) is 7.67. The molecule has 3 unspecified atom stereocenters. The highest BCUT2D eigenvalue weighted by molar-refractivity contribution is 5.80. The predicted octanol–water partition coefficient (Wildman–Crippen LogP) is 9.35. The van der Waals surface area contributed by atoms with Crippen molar-refractivity contribution in [1.29, 1.82) is 0 Å². The third-order valence-corrected chi connectivity index (χ3v) is 10.7. The zero-order valence-corrected chi connectivity index (χ0v) is 35.7. The van der Waals surface area contributed by atoms with E-state index in [1.165, 1.54) is 6.42 Å². The van der Waals surface area contributed by atoms with Gasteiger partial charge in [0.15, 0.2) is 17.5 Å². The van der Waals surface area contributed by atoms with Gasteiger partial charge in [-0.3, -0.25) is 0 Å². The number of esters is 2. The van der Waals surface area contributed by atoms with Crippen LogP contribution in [0.2, 0.25) is 0 Å². The Balaban J connectivity index is 0.000000255. The summed E-state index contributed by atoms with van der Waals surface area (Å²) in [7, 11) is 0. The SMILES string of the molecule is CC(C)(C)OC(=O)C(C)(Cc1ccccc1)OC[C@@H]1CCC[C@H](O)C1.CC(C)(C)OC(=O)C(C)(Cc1ccccc1)OC[C@@H]1CCC[C@H](OC2CCCCO2)C1. The van der Waals surface area contributed by atoms with Gasteiger partial charge in [0, 0.05) is 19.4 Å². The molecule has 1 heterocycles. The quantitative estimate of drug-likeness (QED) is 0.188. The molecular formula is C47H72O9. The summed E-state index contributed by atoms with van der Waals surface area (Å²) in [5.74, 6) is 0.0319. The minimum absolute atomic E-state index is 0.0523. The summed E-state index contributed by atoms with van der Waals surface area (Å²) in [4.78, 5) is 25.9. The van der Waals surface area contributed by atoms with E-state index in [4.69, 9.17) is 28.4 Å². The Labute approximate surface area is 337 Å². The van der Waals surface area contributed by atoms with Crippen LogP contribution in [0, 0.1) is 11.8 Å². The van der Waals surface area contributed by atoms with E-state index >= 15 is 0 Å². The van der Waals surface area contributed by atoms with Gasteiger partial charge < -0.3 is 33.5 Å². The summed E-state index contributed by atoms with van der Waals surface area (Å²) in [6, 6.07) is 19.9. The lowest BCUT2D eigenvalue weighted by molar-refractivity contribution is -0.200. The Kier molecular flexibility index (Phi) is 17.4. The number of ether oxygens (including phenoxy) is 6. The van der Waals surface area contributed by atoms with E-state index in [-0.39, 0.29) is 30.4 Å². The van der Waals surface area contributed by atoms with Crippen LogP contribution in [0.1, 0.15) is 137 Å². The molecule has 1 saturated heterocycles. The molecule has 9 nitrogen and oxygen atoms in total. The second-order valence-electron chi connectivity index (χ2n) is 18.7. The average molecular weight is 781 g/mol. The maximum Gasteiger partial charge on any atom is 0.338 e. The van der Waals surface area contributed by atoms with Crippen LogP contribution in [0.5, 0.6) is 0 Å². The normalized spacial score (nSPS) is 25.4. The first-order valence-corrected chi connectivity index (χ1v) is 21.2. The lowest BCUT2D eigenvalue weighted by atomic mass is 9.87. The highest BCUT2D eigenvalue weighted by atomic mass is 16.7. The highest BCUT2D eigenvalue weighted by Gasteiger charge is 2.41. The molecule has 3 aliphatic rings. The minimum atomic E-state index is -1.03. The van der Waals surface area contributed by atoms with Crippen molar-refractivity contribution in [2.75, 3.05) is 19.8 Å². The molecule has 3 fully saturated rings. The standard InChI is InChI=1S/C26H40O5.C21H32O4/c1-25(2,3)31-24(27)26(4,18-20-11-6-5-7-12-20)29-19-21-13-10-14-22(17-21)30-23-15-8-9-16-28-23;1-20(2,3)25-19(23)21(4,14-16-9-6-5-7-10-16)24-15-17-11-8-12-18(22)13-17/h5-7,11-12,21-23H,8-10,13-19H2,1-4H3;5-7,9-10,17-18,22H,8,11-15H2,1-4H3/t21-,22+,23?,26?;17-,18+,21?/m11/s1. The number of hydrogen-bond acceptors (Lipinski definition) is 9. The summed E-state index contributed by atoms with van der Waals surface area (Å²) in [5.41, 5.74) is -1.05. The third-order valence-electron chi connectivity index (χ3n) is 10.7. The van der Waals surface area contributed by atoms with Crippen LogP contribution in [-0.4, -0.2) is 77.8 Å². The van der Waals surface area contributed by atoms with Gasteiger partial charge >= 0.3 is 11.9 Å². The van der Waals surface area contributed by atoms with Gasteiger partial charge in [-0.1, -0.05) is 73.5 Å². The van der Waals surface area contributed by atoms with E-state index in [0.717, 1.165) is 81.9 Å². The Morgan fingerprint density at radius 2 is 1.11 bits per heavy atom. The largest absolute Gasteiger partial charge is 0.458 e. The van der Waals surface area contributed by atoms with E-state index in [1.807, 2.05) is 116 Å². The van der Waals surface area contributed by atoms with Crippen molar-refractivity contribution in [2.45, 2.75) is 180 Å². The van der Waals surface area contributed by atoms with Gasteiger partial charge in [-0.05, 0) is 136 Å². The Morgan fingerprint density at radius 1 is 0.625 bits per heavy atom. The Bertz CT molecular complexity index is 1450. The first-order valence-electron chi connectivity index (χ1n) is 21.2. The molecule has 1 aliphatic heterocycles. The van der Waals surface area contributed by atoms with Crippen molar-refractivity contribution in [1.82, 2.24) is 0 Å². The average Bonchev–Trinajstić information content (AvgIpc) is 3.14. The van der Waals surface area contributed by atoms with Crippen molar-refractivity contribution < 1.29 is 43.1 Å². The second kappa shape index (κ2) is 21.3. The van der Waals surface area contributed by atoms with E-state index < -0.39 is 22.4 Å². The predicted molar refractivity (Wildman–Crippen MR) is 219 cm³/mol. The van der Waals surface area contributed by atoms with Crippen molar-refractivity contribution >= 4 is 11.9 Å². The summed E-state index contributed by atoms with van der Waals surface area (Å²) < 4.78 is 35.8. The first-order chi connectivity index (χ1) is 26.4. The van der Waals surface area contributed by atoms with E-state index in [0.29, 0.717) is 37.9 Å². The molecule has 7 atom stereocenters. The van der Waals surface area contributed by atoms with Gasteiger partial charge in [0.05, 0.1) is 25.4 Å². The zero-order chi connectivity index (χ0) is 40.8. The van der Waals surface area contributed by atoms with Crippen molar-refractivity contribution in [3.63, 3.8) is 0 Å². The number of aliphatic hydroxyl groups is 1. The number of carbonyl (C=O) groups is 2. The van der Waals surface area contributed by atoms with E-state index in [1.54, 1.807) is 0 Å². The molecule has 0 bridgehead atoms. The van der Waals surface area contributed by atoms with Gasteiger partial charge in [-0.15, -0.1) is 0 Å². The molecule has 1 N–H and O–H groups in total. The maximum atomic E-state index is 13.1. The van der Waals surface area contributed by atoms with Crippen LogP contribution >= 0.6 is 0 Å². The number of rotatable bonds is 14. The smallest absolute Gasteiger partial charge is 0.338 e. The Hall–Kier alpha value is -2.82. The molecule has 2 aliphatic carbocycles. The zero-order valence-electron chi connectivity index (χ0n) is 35.7. The van der Waals surface area contributed by atoms with Gasteiger partial charge in [-0.2, -0.15) is 0 Å². The van der Waals surface area contributed by atoms with Crippen LogP contribution in [0.4, 0.5) is 0 Å². The molecule has 2 saturated carbocycles. The molecule has 2 aromatic carbocycles. The number of aliphatic hydroxyl groups excluding tert-OH is 1. The van der Waals surface area contributed by atoms with Gasteiger partial charge in [0.1, 0.15) is 11.2 Å². The third kappa shape index (κ3) is 16.2. The highest BCUT2D eigenvalue weighted by Crippen LogP contribution is 2.32. The van der Waals surface area contributed by atoms with Crippen LogP contribution in [0.25, 0.3) is 0 Å². The van der Waals surface area contributed by atoms with Crippen LogP contribution in [0.15, 0.2) is 60.7 Å². The van der Waals surface area contributed by atoms with Crippen LogP contribution < -0.4 is 0 Å². The molecule has 314 valence electrons. The maximum absolute atomic E-state index is 13.1. The molecule has 0 spiro atoms. The topological polar surface area (TPSA) is 110 Å². The molecular weight excluding hydrogens is 709 g/mol. The van der Waals surface area contributed by atoms with Gasteiger partial charge in [0.25, 0.3) is 0 Å². The lowest BCUT2D eigenvalue weighted by Crippen LogP contribution is -2.46. The molecule has 0 amide bonds. The van der Waals surface area contributed by atoms with Crippen molar-refractivity contribution in [3.8, 4) is 0 Å². The lowest BCUT2D eigenvalue weighted by Gasteiger charge is -2.36. The van der Waals surface area contributed by atoms with Gasteiger partial charge in [-0.25, -0.2) is 9.59 Å². The Morgan fingerprint density at radius 3 is 1.55 bits per heavy atom. The minimum Gasteiger partial charge on any atom is -0.458 e. The molecule has 56 heavy (non-hydrogen) atoms. The molecule has 0 aromatic heterocycles. The monoisotopic (exact) mass is 781 g/mol. The van der Waals surface area contributed by atoms with E-state index in [9.17, 15) is 14.7 Å². The second-order valence-corrected chi connectivity index (χ2v) is 18.7. The number of hydrogen-bond donors (Lipinski definition) is 1. The summed E-state index contributed by atoms with van der Waals surface area (Å²) in [5, 5.41) is 9.86. The molecule has 5 rings (SSSR count). The van der Waals surface area contributed by atoms with Gasteiger partial charge in [0.2, 0.25) is 0 Å². The summed E-state index contributed by atoms with van der Waals surface area (Å²) in [6.45, 7) is 16.8. The molecule has 2 aromatic rings. The van der Waals surface area contributed by atoms with Crippen LogP contribution in [0.3, 0.4) is 0 Å². The summed E-state index contributed by atoms with van der Waals surface area (Å²) in [6.07, 6.45) is 12.1. The van der Waals surface area contributed by atoms with Crippen molar-refractivity contribution in [3.05, 3.63) is 71.8 Å². The fourth-order valence-electron chi connectivity index (χ4n) is 7.67. The molecule has 9 heteroatoms. The number of benzene rings is 2. The van der Waals surface area contributed by atoms with Crippen molar-refractivity contribution in [2.24, 2.45) is 11.8 Å². The molecule has 0 radical (unpaired) electrons. The van der Waals surface area contributed by atoms with Crippen LogP contribution in [-0.2, 0) is 50.9 Å². The number of carbonyl (C=O) groups excluding carboxylic acids is 2. The first kappa shape index (κ1) is 45.9. The summed E-state index contributed by atoms with van der Waals surface area (Å²) >= 11 is 0.